The van der Waals surface area contributed by atoms with Gasteiger partial charge in [0.15, 0.2) is 0 Å². The molecule has 0 spiro atoms. The van der Waals surface area contributed by atoms with Crippen molar-refractivity contribution in [3.8, 4) is 0 Å². The van der Waals surface area contributed by atoms with Crippen molar-refractivity contribution in [2.24, 2.45) is 7.05 Å². The fourth-order valence-electron chi connectivity index (χ4n) is 3.54. The molecule has 2 aromatic carbocycles. The maximum atomic E-state index is 10.4. The van der Waals surface area contributed by atoms with Gasteiger partial charge in [0.2, 0.25) is 0 Å². The van der Waals surface area contributed by atoms with Crippen molar-refractivity contribution in [3.05, 3.63) is 104 Å². The summed E-state index contributed by atoms with van der Waals surface area (Å²) in [5.41, 5.74) is 15.6. The number of aryl methyl sites for hydroxylation is 1. The molecule has 30 heavy (non-hydrogen) atoms. The highest BCUT2D eigenvalue weighted by atomic mass is 35.5. The minimum Gasteiger partial charge on any atom is -0.493 e. The van der Waals surface area contributed by atoms with Crippen LogP contribution in [0.3, 0.4) is 0 Å². The van der Waals surface area contributed by atoms with Gasteiger partial charge in [0.05, 0.1) is 10.0 Å². The highest BCUT2D eigenvalue weighted by Gasteiger charge is 2.41. The second-order valence-electron chi connectivity index (χ2n) is 7.08. The summed E-state index contributed by atoms with van der Waals surface area (Å²) in [5, 5.41) is 0.979. The number of ether oxygens (including phenoxy) is 1. The van der Waals surface area contributed by atoms with E-state index >= 15 is 0 Å². The van der Waals surface area contributed by atoms with E-state index in [-0.39, 0.29) is 6.10 Å². The van der Waals surface area contributed by atoms with E-state index in [1.54, 1.807) is 25.4 Å². The van der Waals surface area contributed by atoms with Crippen LogP contribution in [0.1, 0.15) is 35.5 Å². The molecule has 0 bridgehead atoms. The smallest absolute Gasteiger partial charge is 0.275 e. The maximum absolute atomic E-state index is 10.4. The van der Waals surface area contributed by atoms with Gasteiger partial charge in [-0.05, 0) is 35.7 Å². The summed E-state index contributed by atoms with van der Waals surface area (Å²) >= 11 is 12.2. The fraction of sp³-hybridized carbons (Fsp3) is 0.174. The second kappa shape index (κ2) is 8.19. The van der Waals surface area contributed by atoms with Crippen LogP contribution in [0.4, 0.5) is 0 Å². The molecular weight excluding hydrogens is 419 g/mol. The molecule has 1 aromatic heterocycles. The van der Waals surface area contributed by atoms with Crippen molar-refractivity contribution >= 4 is 34.9 Å². The van der Waals surface area contributed by atoms with Gasteiger partial charge in [-0.15, -0.1) is 0 Å². The Morgan fingerprint density at radius 2 is 1.97 bits per heavy atom. The van der Waals surface area contributed by atoms with E-state index in [0.717, 1.165) is 39.5 Å². The second-order valence-corrected chi connectivity index (χ2v) is 7.90. The standard InChI is InChI=1S/C23H20Cl2N4O/c1-14(15-8-9-18(24)19(25)12-15)21-20(29(21)26)13-16-6-4-5-7-17(16)22(30-3)23-27-10-11-28(23)2/h4-13,22H,1-3H3/b20-13+,21-14+. The minimum atomic E-state index is -0.326. The molecule has 0 aliphatic carbocycles. The van der Waals surface area contributed by atoms with Crippen molar-refractivity contribution < 1.29 is 9.43 Å². The molecule has 1 fully saturated rings. The molecule has 152 valence electrons. The summed E-state index contributed by atoms with van der Waals surface area (Å²) in [7, 11) is 3.60. The minimum absolute atomic E-state index is 0.326. The molecule has 0 radical (unpaired) electrons. The summed E-state index contributed by atoms with van der Waals surface area (Å²) in [4.78, 5) is 4.44. The molecule has 2 heterocycles. The van der Waals surface area contributed by atoms with E-state index in [9.17, 15) is 5.53 Å². The highest BCUT2D eigenvalue weighted by molar-refractivity contribution is 6.42. The number of hydrogen-bond acceptors (Lipinski definition) is 2. The topological polar surface area (TPSA) is 52.4 Å². The Kier molecular flexibility index (Phi) is 5.60. The van der Waals surface area contributed by atoms with Crippen LogP contribution in [0.25, 0.3) is 17.2 Å². The van der Waals surface area contributed by atoms with Crippen molar-refractivity contribution in [1.29, 1.82) is 0 Å². The third-order valence-corrected chi connectivity index (χ3v) is 5.98. The van der Waals surface area contributed by atoms with Crippen molar-refractivity contribution in [3.63, 3.8) is 0 Å². The molecule has 4 rings (SSSR count). The Morgan fingerprint density at radius 1 is 1.20 bits per heavy atom. The molecule has 0 amide bonds. The van der Waals surface area contributed by atoms with Crippen molar-refractivity contribution in [1.82, 2.24) is 9.55 Å². The third-order valence-electron chi connectivity index (χ3n) is 5.24. The Morgan fingerprint density at radius 3 is 2.63 bits per heavy atom. The van der Waals surface area contributed by atoms with Gasteiger partial charge < -0.3 is 14.8 Å². The summed E-state index contributed by atoms with van der Waals surface area (Å²) in [6.45, 7) is 1.94. The van der Waals surface area contributed by atoms with Crippen LogP contribution in [-0.2, 0) is 11.8 Å². The first-order valence-electron chi connectivity index (χ1n) is 9.38. The number of hydrogen-bond donors (Lipinski definition) is 0. The molecule has 1 aliphatic rings. The lowest BCUT2D eigenvalue weighted by Crippen LogP contribution is -2.11. The molecule has 1 atom stereocenters. The number of nitrogens with zero attached hydrogens (tertiary/aromatic N) is 4. The van der Waals surface area contributed by atoms with E-state index in [0.29, 0.717) is 10.0 Å². The molecule has 5 nitrogen and oxygen atoms in total. The van der Waals surface area contributed by atoms with Crippen molar-refractivity contribution in [2.75, 3.05) is 7.11 Å². The van der Waals surface area contributed by atoms with Crippen LogP contribution in [0.5, 0.6) is 0 Å². The van der Waals surface area contributed by atoms with E-state index < -0.39 is 0 Å². The van der Waals surface area contributed by atoms with Crippen LogP contribution in [0, 0.1) is 0 Å². The molecule has 0 saturated carbocycles. The average molecular weight is 439 g/mol. The Balaban J connectivity index is 1.74. The number of methoxy groups -OCH3 is 1. The lowest BCUT2D eigenvalue weighted by molar-refractivity contribution is -0.302. The van der Waals surface area contributed by atoms with Gasteiger partial charge in [0.1, 0.15) is 11.9 Å². The normalized spacial score (nSPS) is 17.4. The first kappa shape index (κ1) is 20.5. The molecule has 1 saturated heterocycles. The zero-order valence-corrected chi connectivity index (χ0v) is 18.3. The number of halogens is 2. The van der Waals surface area contributed by atoms with E-state index in [2.05, 4.69) is 4.98 Å². The summed E-state index contributed by atoms with van der Waals surface area (Å²) < 4.78 is 8.89. The molecule has 1 unspecified atom stereocenters. The lowest BCUT2D eigenvalue weighted by atomic mass is 10.0. The first-order chi connectivity index (χ1) is 14.4. The molecular formula is C23H20Cl2N4O. The summed E-state index contributed by atoms with van der Waals surface area (Å²) in [5.74, 6) is 0.808. The highest BCUT2D eigenvalue weighted by Crippen LogP contribution is 2.41. The lowest BCUT2D eigenvalue weighted by Gasteiger charge is -2.17. The van der Waals surface area contributed by atoms with Gasteiger partial charge >= 0.3 is 0 Å². The summed E-state index contributed by atoms with van der Waals surface area (Å²) in [6, 6.07) is 13.4. The fourth-order valence-corrected chi connectivity index (χ4v) is 3.84. The number of allylic oxidation sites excluding steroid dienone is 1. The molecule has 3 aromatic rings. The number of rotatable bonds is 5. The van der Waals surface area contributed by atoms with Gasteiger partial charge in [0.25, 0.3) is 11.4 Å². The van der Waals surface area contributed by atoms with E-state index in [1.807, 2.05) is 61.1 Å². The predicted octanol–water partition coefficient (Wildman–Crippen LogP) is 6.28. The number of imidazole rings is 1. The van der Waals surface area contributed by atoms with Gasteiger partial charge in [-0.1, -0.05) is 53.5 Å². The SMILES string of the molecule is COC(c1ccccc1/C=C1\C(=C(\C)c2ccc(Cl)c(Cl)c2)[N+]1=[N-])c1nccn1C. The van der Waals surface area contributed by atoms with E-state index in [4.69, 9.17) is 27.9 Å². The van der Waals surface area contributed by atoms with E-state index in [1.165, 1.54) is 4.70 Å². The molecule has 0 N–H and O–H groups in total. The number of aromatic nitrogens is 2. The maximum Gasteiger partial charge on any atom is 0.275 e. The van der Waals surface area contributed by atoms with Crippen LogP contribution >= 0.6 is 23.2 Å². The largest absolute Gasteiger partial charge is 0.493 e. The first-order valence-corrected chi connectivity index (χ1v) is 10.1. The molecule has 7 heteroatoms. The quantitative estimate of drug-likeness (QED) is 0.347. The predicted molar refractivity (Wildman–Crippen MR) is 119 cm³/mol. The monoisotopic (exact) mass is 438 g/mol. The van der Waals surface area contributed by atoms with Crippen molar-refractivity contribution in [2.45, 2.75) is 13.0 Å². The van der Waals surface area contributed by atoms with Crippen LogP contribution in [0.2, 0.25) is 10.0 Å². The Labute approximate surface area is 185 Å². The van der Waals surface area contributed by atoms with Crippen LogP contribution < -0.4 is 0 Å². The summed E-state index contributed by atoms with van der Waals surface area (Å²) in [6.07, 6.45) is 5.26. The Bertz CT molecular complexity index is 1210. The molecule has 1 aliphatic heterocycles. The van der Waals surface area contributed by atoms with Gasteiger partial charge in [-0.25, -0.2) is 9.68 Å². The van der Waals surface area contributed by atoms with Gasteiger partial charge in [-0.2, -0.15) is 0 Å². The number of benzene rings is 2. The van der Waals surface area contributed by atoms with Gasteiger partial charge in [-0.3, -0.25) is 0 Å². The van der Waals surface area contributed by atoms with Crippen LogP contribution in [-0.4, -0.2) is 21.4 Å². The average Bonchev–Trinajstić information content (AvgIpc) is 3.16. The van der Waals surface area contributed by atoms with Crippen LogP contribution in [0.15, 0.2) is 66.3 Å². The zero-order valence-electron chi connectivity index (χ0n) is 16.8. The van der Waals surface area contributed by atoms with Gasteiger partial charge in [0, 0.05) is 38.2 Å². The zero-order chi connectivity index (χ0) is 21.4. The third kappa shape index (κ3) is 3.72. The Hall–Kier alpha value is -2.73.